The molecule has 1 atom stereocenters. The average Bonchev–Trinajstić information content (AvgIpc) is 2.64. The van der Waals surface area contributed by atoms with Gasteiger partial charge in [0.25, 0.3) is 0 Å². The van der Waals surface area contributed by atoms with Crippen LogP contribution in [0.1, 0.15) is 26.7 Å². The minimum atomic E-state index is 0.380. The molecule has 2 aliphatic rings. The topological polar surface area (TPSA) is 34.2 Å². The molecule has 25 heavy (non-hydrogen) atoms. The first-order valence-electron chi connectivity index (χ1n) is 9.69. The number of para-hydroxylation sites is 2. The third kappa shape index (κ3) is 5.33. The molecule has 0 saturated carbocycles. The lowest BCUT2D eigenvalue weighted by molar-refractivity contribution is -0.0437. The largest absolute Gasteiger partial charge is 0.490 e. The van der Waals surface area contributed by atoms with E-state index in [2.05, 4.69) is 16.7 Å². The van der Waals surface area contributed by atoms with E-state index in [0.29, 0.717) is 19.3 Å². The summed E-state index contributed by atoms with van der Waals surface area (Å²) in [5, 5.41) is 0. The number of nitrogens with zero attached hydrogens (tertiary/aromatic N) is 2. The van der Waals surface area contributed by atoms with Crippen LogP contribution in [-0.4, -0.2) is 74.5 Å². The quantitative estimate of drug-likeness (QED) is 0.757. The highest BCUT2D eigenvalue weighted by Crippen LogP contribution is 2.26. The van der Waals surface area contributed by atoms with E-state index in [1.807, 2.05) is 31.2 Å². The van der Waals surface area contributed by atoms with Crippen molar-refractivity contribution in [2.75, 3.05) is 52.5 Å². The summed E-state index contributed by atoms with van der Waals surface area (Å²) in [4.78, 5) is 5.14. The highest BCUT2D eigenvalue weighted by molar-refractivity contribution is 5.39. The summed E-state index contributed by atoms with van der Waals surface area (Å²) in [5.74, 6) is 1.69. The standard InChI is InChI=1S/C20H32N2O3/c1-3-23-19-6-4-5-7-20(19)25-14-12-21-10-8-18(9-11-21)22-13-15-24-17(2)16-22/h4-7,17-18H,3,8-16H2,1-2H3/t17-/m0/s1. The van der Waals surface area contributed by atoms with Crippen molar-refractivity contribution in [3.63, 3.8) is 0 Å². The van der Waals surface area contributed by atoms with Gasteiger partial charge in [-0.05, 0) is 51.9 Å². The fourth-order valence-corrected chi connectivity index (χ4v) is 3.81. The van der Waals surface area contributed by atoms with E-state index in [1.54, 1.807) is 0 Å². The molecule has 5 nitrogen and oxygen atoms in total. The lowest BCUT2D eigenvalue weighted by Gasteiger charge is -2.41. The summed E-state index contributed by atoms with van der Waals surface area (Å²) in [6.07, 6.45) is 2.88. The Balaban J connectivity index is 1.38. The molecule has 0 amide bonds. The predicted octanol–water partition coefficient (Wildman–Crippen LogP) is 2.65. The summed E-state index contributed by atoms with van der Waals surface area (Å²) in [6.45, 7) is 11.9. The zero-order valence-electron chi connectivity index (χ0n) is 15.7. The summed E-state index contributed by atoms with van der Waals surface area (Å²) in [7, 11) is 0. The third-order valence-electron chi connectivity index (χ3n) is 5.16. The van der Waals surface area contributed by atoms with Gasteiger partial charge in [0.1, 0.15) is 6.61 Å². The van der Waals surface area contributed by atoms with E-state index in [0.717, 1.165) is 56.9 Å². The van der Waals surface area contributed by atoms with E-state index in [4.69, 9.17) is 14.2 Å². The maximum Gasteiger partial charge on any atom is 0.161 e. The van der Waals surface area contributed by atoms with Crippen molar-refractivity contribution in [2.24, 2.45) is 0 Å². The molecule has 1 aromatic carbocycles. The second-order valence-electron chi connectivity index (χ2n) is 6.98. The second kappa shape index (κ2) is 9.41. The van der Waals surface area contributed by atoms with Gasteiger partial charge in [0.2, 0.25) is 0 Å². The van der Waals surface area contributed by atoms with E-state index in [9.17, 15) is 0 Å². The Morgan fingerprint density at radius 1 is 1.08 bits per heavy atom. The zero-order chi connectivity index (χ0) is 17.5. The lowest BCUT2D eigenvalue weighted by atomic mass is 10.0. The molecule has 0 unspecified atom stereocenters. The van der Waals surface area contributed by atoms with E-state index in [1.165, 1.54) is 12.8 Å². The molecule has 2 fully saturated rings. The Bertz CT molecular complexity index is 517. The Morgan fingerprint density at radius 3 is 2.48 bits per heavy atom. The molecular formula is C20H32N2O3. The summed E-state index contributed by atoms with van der Waals surface area (Å²) in [5.41, 5.74) is 0. The number of ether oxygens (including phenoxy) is 3. The number of morpholine rings is 1. The van der Waals surface area contributed by atoms with E-state index in [-0.39, 0.29) is 0 Å². The van der Waals surface area contributed by atoms with E-state index >= 15 is 0 Å². The first-order valence-corrected chi connectivity index (χ1v) is 9.69. The van der Waals surface area contributed by atoms with Crippen LogP contribution < -0.4 is 9.47 Å². The molecule has 0 radical (unpaired) electrons. The van der Waals surface area contributed by atoms with Crippen LogP contribution in [0.25, 0.3) is 0 Å². The monoisotopic (exact) mass is 348 g/mol. The van der Waals surface area contributed by atoms with Crippen molar-refractivity contribution >= 4 is 0 Å². The number of hydrogen-bond donors (Lipinski definition) is 0. The van der Waals surface area contributed by atoms with Crippen LogP contribution in [-0.2, 0) is 4.74 Å². The van der Waals surface area contributed by atoms with E-state index < -0.39 is 0 Å². The van der Waals surface area contributed by atoms with Crippen molar-refractivity contribution in [3.05, 3.63) is 24.3 Å². The van der Waals surface area contributed by atoms with Gasteiger partial charge < -0.3 is 14.2 Å². The van der Waals surface area contributed by atoms with Crippen LogP contribution in [0.3, 0.4) is 0 Å². The van der Waals surface area contributed by atoms with Crippen LogP contribution in [0, 0.1) is 0 Å². The van der Waals surface area contributed by atoms with Crippen molar-refractivity contribution < 1.29 is 14.2 Å². The summed E-state index contributed by atoms with van der Waals surface area (Å²) in [6, 6.07) is 8.65. The molecule has 2 saturated heterocycles. The Kier molecular flexibility index (Phi) is 6.96. The molecule has 140 valence electrons. The van der Waals surface area contributed by atoms with Crippen LogP contribution in [0.2, 0.25) is 0 Å². The normalized spacial score (nSPS) is 23.5. The summed E-state index contributed by atoms with van der Waals surface area (Å²) < 4.78 is 17.2. The second-order valence-corrected chi connectivity index (χ2v) is 6.98. The number of piperidine rings is 1. The van der Waals surface area contributed by atoms with Gasteiger partial charge in [-0.15, -0.1) is 0 Å². The van der Waals surface area contributed by atoms with Crippen LogP contribution in [0.15, 0.2) is 24.3 Å². The molecule has 0 N–H and O–H groups in total. The smallest absolute Gasteiger partial charge is 0.161 e. The van der Waals surface area contributed by atoms with Gasteiger partial charge in [-0.25, -0.2) is 0 Å². The SMILES string of the molecule is CCOc1ccccc1OCCN1CCC(N2CCO[C@@H](C)C2)CC1. The molecule has 0 spiro atoms. The molecule has 2 aliphatic heterocycles. The van der Waals surface area contributed by atoms with Crippen molar-refractivity contribution in [3.8, 4) is 11.5 Å². The number of benzene rings is 1. The maximum absolute atomic E-state index is 5.96. The van der Waals surface area contributed by atoms with Crippen molar-refractivity contribution in [1.29, 1.82) is 0 Å². The highest BCUT2D eigenvalue weighted by Gasteiger charge is 2.27. The van der Waals surface area contributed by atoms with Crippen molar-refractivity contribution in [1.82, 2.24) is 9.80 Å². The third-order valence-corrected chi connectivity index (χ3v) is 5.16. The Hall–Kier alpha value is -1.30. The van der Waals surface area contributed by atoms with Gasteiger partial charge in [-0.1, -0.05) is 12.1 Å². The minimum absolute atomic E-state index is 0.380. The van der Waals surface area contributed by atoms with Crippen LogP contribution in [0.4, 0.5) is 0 Å². The van der Waals surface area contributed by atoms with Gasteiger partial charge in [0.05, 0.1) is 19.3 Å². The lowest BCUT2D eigenvalue weighted by Crippen LogP contribution is -2.51. The highest BCUT2D eigenvalue weighted by atomic mass is 16.5. The molecule has 0 aliphatic carbocycles. The molecular weight excluding hydrogens is 316 g/mol. The van der Waals surface area contributed by atoms with Crippen molar-refractivity contribution in [2.45, 2.75) is 38.8 Å². The number of rotatable bonds is 7. The molecule has 3 rings (SSSR count). The fraction of sp³-hybridized carbons (Fsp3) is 0.700. The zero-order valence-corrected chi connectivity index (χ0v) is 15.7. The minimum Gasteiger partial charge on any atom is -0.490 e. The fourth-order valence-electron chi connectivity index (χ4n) is 3.81. The molecule has 1 aromatic rings. The molecule has 5 heteroatoms. The number of likely N-dealkylation sites (tertiary alicyclic amines) is 1. The Morgan fingerprint density at radius 2 is 1.80 bits per heavy atom. The first-order chi connectivity index (χ1) is 12.3. The van der Waals surface area contributed by atoms with Gasteiger partial charge in [-0.2, -0.15) is 0 Å². The van der Waals surface area contributed by atoms with Gasteiger partial charge >= 0.3 is 0 Å². The number of hydrogen-bond acceptors (Lipinski definition) is 5. The van der Waals surface area contributed by atoms with Gasteiger partial charge in [0, 0.05) is 25.7 Å². The Labute approximate surface area is 151 Å². The van der Waals surface area contributed by atoms with Crippen LogP contribution in [0.5, 0.6) is 11.5 Å². The van der Waals surface area contributed by atoms with Crippen LogP contribution >= 0.6 is 0 Å². The maximum atomic E-state index is 5.96. The predicted molar refractivity (Wildman–Crippen MR) is 99.6 cm³/mol. The average molecular weight is 348 g/mol. The first kappa shape index (κ1) is 18.5. The summed E-state index contributed by atoms with van der Waals surface area (Å²) >= 11 is 0. The van der Waals surface area contributed by atoms with Gasteiger partial charge in [0.15, 0.2) is 11.5 Å². The molecule has 0 bridgehead atoms. The molecule has 0 aromatic heterocycles. The van der Waals surface area contributed by atoms with Gasteiger partial charge in [-0.3, -0.25) is 9.80 Å². The molecule has 2 heterocycles.